The third-order valence-corrected chi connectivity index (χ3v) is 3.94. The van der Waals surface area contributed by atoms with E-state index in [4.69, 9.17) is 5.73 Å². The minimum absolute atomic E-state index is 0.116. The van der Waals surface area contributed by atoms with Crippen molar-refractivity contribution in [2.75, 3.05) is 0 Å². The first-order chi connectivity index (χ1) is 8.92. The molecular formula is C11H12N4O2S2. The summed E-state index contributed by atoms with van der Waals surface area (Å²) in [5.74, 6) is 0. The molecule has 19 heavy (non-hydrogen) atoms. The zero-order valence-corrected chi connectivity index (χ0v) is 11.7. The molecule has 0 bridgehead atoms. The number of benzene rings is 1. The van der Waals surface area contributed by atoms with Gasteiger partial charge in [-0.3, -0.25) is 10.4 Å². The summed E-state index contributed by atoms with van der Waals surface area (Å²) >= 11 is 4.56. The third kappa shape index (κ3) is 2.80. The molecule has 1 heterocycles. The fourth-order valence-corrected chi connectivity index (χ4v) is 2.87. The van der Waals surface area contributed by atoms with Crippen LogP contribution in [-0.2, 0) is 10.0 Å². The number of aryl methyl sites for hydroxylation is 1. The summed E-state index contributed by atoms with van der Waals surface area (Å²) in [6.45, 7) is 1.87. The molecule has 1 aromatic carbocycles. The lowest BCUT2D eigenvalue weighted by atomic mass is 10.1. The van der Waals surface area contributed by atoms with Crippen molar-refractivity contribution in [1.29, 1.82) is 0 Å². The van der Waals surface area contributed by atoms with E-state index in [2.05, 4.69) is 27.5 Å². The SMILES string of the molecule is Cc1ccc(S(=O)(=O)NNC(N)=S)c2cccnc12. The Labute approximate surface area is 116 Å². The monoisotopic (exact) mass is 296 g/mol. The lowest BCUT2D eigenvalue weighted by Crippen LogP contribution is -2.44. The molecule has 0 radical (unpaired) electrons. The van der Waals surface area contributed by atoms with Crippen LogP contribution < -0.4 is 16.0 Å². The molecule has 1 aromatic heterocycles. The van der Waals surface area contributed by atoms with Crippen molar-refractivity contribution >= 4 is 38.3 Å². The van der Waals surface area contributed by atoms with Crippen LogP contribution in [0, 0.1) is 6.92 Å². The molecule has 0 aliphatic rings. The Morgan fingerprint density at radius 1 is 1.37 bits per heavy atom. The van der Waals surface area contributed by atoms with E-state index in [1.807, 2.05) is 6.92 Å². The largest absolute Gasteiger partial charge is 0.375 e. The number of pyridine rings is 1. The molecule has 100 valence electrons. The number of sulfonamides is 1. The van der Waals surface area contributed by atoms with Gasteiger partial charge in [0.25, 0.3) is 10.0 Å². The van der Waals surface area contributed by atoms with Gasteiger partial charge in [-0.15, -0.1) is 4.83 Å². The maximum absolute atomic E-state index is 12.1. The van der Waals surface area contributed by atoms with Crippen molar-refractivity contribution in [1.82, 2.24) is 15.2 Å². The maximum atomic E-state index is 12.1. The van der Waals surface area contributed by atoms with Gasteiger partial charge >= 0.3 is 0 Å². The second-order valence-electron chi connectivity index (χ2n) is 3.87. The van der Waals surface area contributed by atoms with Crippen LogP contribution in [0.3, 0.4) is 0 Å². The maximum Gasteiger partial charge on any atom is 0.258 e. The van der Waals surface area contributed by atoms with Gasteiger partial charge in [0.05, 0.1) is 10.4 Å². The summed E-state index contributed by atoms with van der Waals surface area (Å²) in [7, 11) is -3.77. The van der Waals surface area contributed by atoms with Crippen LogP contribution in [0.1, 0.15) is 5.56 Å². The number of nitrogens with zero attached hydrogens (tertiary/aromatic N) is 1. The standard InChI is InChI=1S/C11H12N4O2S2/c1-7-4-5-9(8-3-2-6-13-10(7)8)19(16,17)15-14-11(12)18/h2-6,15H,1H3,(H3,12,14,18). The molecule has 2 aromatic rings. The molecule has 8 heteroatoms. The van der Waals surface area contributed by atoms with Crippen LogP contribution in [0.2, 0.25) is 0 Å². The number of aromatic nitrogens is 1. The van der Waals surface area contributed by atoms with Gasteiger partial charge in [0, 0.05) is 11.6 Å². The van der Waals surface area contributed by atoms with E-state index in [1.165, 1.54) is 6.07 Å². The Hall–Kier alpha value is -1.77. The highest BCUT2D eigenvalue weighted by Gasteiger charge is 2.18. The van der Waals surface area contributed by atoms with Gasteiger partial charge in [0.2, 0.25) is 0 Å². The van der Waals surface area contributed by atoms with Crippen LogP contribution in [-0.4, -0.2) is 18.5 Å². The Morgan fingerprint density at radius 2 is 2.11 bits per heavy atom. The first-order valence-corrected chi connectivity index (χ1v) is 7.22. The van der Waals surface area contributed by atoms with Crippen molar-refractivity contribution in [2.24, 2.45) is 5.73 Å². The van der Waals surface area contributed by atoms with Crippen LogP contribution in [0.4, 0.5) is 0 Å². The number of rotatable bonds is 3. The van der Waals surface area contributed by atoms with Gasteiger partial charge in [-0.2, -0.15) is 0 Å². The highest BCUT2D eigenvalue weighted by Crippen LogP contribution is 2.23. The van der Waals surface area contributed by atoms with Gasteiger partial charge in [0.15, 0.2) is 5.11 Å². The molecule has 0 saturated carbocycles. The van der Waals surface area contributed by atoms with E-state index in [-0.39, 0.29) is 10.0 Å². The van der Waals surface area contributed by atoms with Crippen molar-refractivity contribution < 1.29 is 8.42 Å². The van der Waals surface area contributed by atoms with Crippen molar-refractivity contribution in [3.63, 3.8) is 0 Å². The normalized spacial score (nSPS) is 11.4. The second kappa shape index (κ2) is 5.08. The van der Waals surface area contributed by atoms with Gasteiger partial charge in [-0.1, -0.05) is 6.07 Å². The number of nitrogens with one attached hydrogen (secondary N) is 2. The number of thiocarbonyl (C=S) groups is 1. The Morgan fingerprint density at radius 3 is 2.79 bits per heavy atom. The molecule has 6 nitrogen and oxygen atoms in total. The van der Waals surface area contributed by atoms with E-state index in [0.717, 1.165) is 5.56 Å². The van der Waals surface area contributed by atoms with Crippen molar-refractivity contribution in [3.05, 3.63) is 36.0 Å². The molecule has 0 saturated heterocycles. The fourth-order valence-electron chi connectivity index (χ4n) is 1.69. The molecule has 0 spiro atoms. The zero-order chi connectivity index (χ0) is 14.0. The smallest absolute Gasteiger partial charge is 0.258 e. The third-order valence-electron chi connectivity index (χ3n) is 2.53. The van der Waals surface area contributed by atoms with Crippen LogP contribution in [0.25, 0.3) is 10.9 Å². The van der Waals surface area contributed by atoms with Gasteiger partial charge in [-0.05, 0) is 42.9 Å². The average Bonchev–Trinajstić information content (AvgIpc) is 2.37. The lowest BCUT2D eigenvalue weighted by molar-refractivity contribution is 0.578. The highest BCUT2D eigenvalue weighted by atomic mass is 32.2. The highest BCUT2D eigenvalue weighted by molar-refractivity contribution is 7.89. The molecule has 0 amide bonds. The minimum Gasteiger partial charge on any atom is -0.375 e. The number of nitrogens with two attached hydrogens (primary N) is 1. The number of hydrogen-bond donors (Lipinski definition) is 3. The summed E-state index contributed by atoms with van der Waals surface area (Å²) < 4.78 is 24.3. The van der Waals surface area contributed by atoms with Crippen molar-refractivity contribution in [3.8, 4) is 0 Å². The van der Waals surface area contributed by atoms with E-state index < -0.39 is 10.0 Å². The summed E-state index contributed by atoms with van der Waals surface area (Å²) in [6, 6.07) is 6.60. The van der Waals surface area contributed by atoms with Gasteiger partial charge < -0.3 is 5.73 Å². The van der Waals surface area contributed by atoms with Gasteiger partial charge in [-0.25, -0.2) is 8.42 Å². The lowest BCUT2D eigenvalue weighted by Gasteiger charge is -2.11. The van der Waals surface area contributed by atoms with Crippen LogP contribution >= 0.6 is 12.2 Å². The quantitative estimate of drug-likeness (QED) is 0.566. The molecule has 0 atom stereocenters. The topological polar surface area (TPSA) is 97.1 Å². The van der Waals surface area contributed by atoms with Gasteiger partial charge in [0.1, 0.15) is 0 Å². The molecular weight excluding hydrogens is 284 g/mol. The van der Waals surface area contributed by atoms with E-state index in [0.29, 0.717) is 10.9 Å². The van der Waals surface area contributed by atoms with Crippen LogP contribution in [0.15, 0.2) is 35.4 Å². The molecule has 0 aliphatic carbocycles. The molecule has 4 N–H and O–H groups in total. The van der Waals surface area contributed by atoms with E-state index in [9.17, 15) is 8.42 Å². The van der Waals surface area contributed by atoms with E-state index >= 15 is 0 Å². The first kappa shape index (κ1) is 13.7. The molecule has 0 aliphatic heterocycles. The number of hydrazine groups is 1. The number of hydrogen-bond acceptors (Lipinski definition) is 4. The fraction of sp³-hybridized carbons (Fsp3) is 0.0909. The molecule has 0 fully saturated rings. The molecule has 2 rings (SSSR count). The Bertz CT molecular complexity index is 743. The predicted octanol–water partition coefficient (Wildman–Crippen LogP) is 0.570. The zero-order valence-electron chi connectivity index (χ0n) is 10.0. The first-order valence-electron chi connectivity index (χ1n) is 5.33. The molecule has 0 unspecified atom stereocenters. The predicted molar refractivity (Wildman–Crippen MR) is 76.7 cm³/mol. The second-order valence-corrected chi connectivity index (χ2v) is 5.97. The minimum atomic E-state index is -3.77. The number of fused-ring (bicyclic) bond motifs is 1. The van der Waals surface area contributed by atoms with Crippen molar-refractivity contribution in [2.45, 2.75) is 11.8 Å². The average molecular weight is 296 g/mol. The van der Waals surface area contributed by atoms with E-state index in [1.54, 1.807) is 24.4 Å². The Kier molecular flexibility index (Phi) is 3.65. The summed E-state index contributed by atoms with van der Waals surface area (Å²) in [4.78, 5) is 6.42. The summed E-state index contributed by atoms with van der Waals surface area (Å²) in [6.07, 6.45) is 1.62. The summed E-state index contributed by atoms with van der Waals surface area (Å²) in [5.41, 5.74) is 8.95. The Balaban J connectivity index is 2.57. The summed E-state index contributed by atoms with van der Waals surface area (Å²) in [5, 5.41) is 0.387. The van der Waals surface area contributed by atoms with Crippen LogP contribution in [0.5, 0.6) is 0 Å².